The van der Waals surface area contributed by atoms with Crippen LogP contribution in [0, 0.1) is 6.92 Å². The first-order valence-corrected chi connectivity index (χ1v) is 5.66. The summed E-state index contributed by atoms with van der Waals surface area (Å²) in [6, 6.07) is 13.3. The summed E-state index contributed by atoms with van der Waals surface area (Å²) < 4.78 is 1.77. The maximum absolute atomic E-state index is 11.1. The molecular formula is C14H11N3O. The van der Waals surface area contributed by atoms with Gasteiger partial charge in [0.25, 0.3) is 0 Å². The van der Waals surface area contributed by atoms with Gasteiger partial charge in [-0.05, 0) is 24.6 Å². The van der Waals surface area contributed by atoms with Gasteiger partial charge in [0.2, 0.25) is 0 Å². The Morgan fingerprint density at radius 3 is 2.67 bits per heavy atom. The summed E-state index contributed by atoms with van der Waals surface area (Å²) in [5.74, 6) is 0.700. The van der Waals surface area contributed by atoms with Gasteiger partial charge in [0.15, 0.2) is 17.8 Å². The van der Waals surface area contributed by atoms with E-state index in [1.165, 1.54) is 0 Å². The highest BCUT2D eigenvalue weighted by Gasteiger charge is 2.12. The fraction of sp³-hybridized carbons (Fsp3) is 0.0714. The molecule has 2 aromatic heterocycles. The first kappa shape index (κ1) is 10.7. The molecule has 0 unspecified atom stereocenters. The van der Waals surface area contributed by atoms with Crippen molar-refractivity contribution in [1.29, 1.82) is 0 Å². The maximum atomic E-state index is 11.1. The van der Waals surface area contributed by atoms with Crippen molar-refractivity contribution in [3.8, 4) is 11.4 Å². The number of aldehydes is 1. The summed E-state index contributed by atoms with van der Waals surface area (Å²) in [6.45, 7) is 2.01. The number of carbonyl (C=O) groups is 1. The van der Waals surface area contributed by atoms with Crippen molar-refractivity contribution in [2.75, 3.05) is 0 Å². The van der Waals surface area contributed by atoms with Gasteiger partial charge in [0.05, 0.1) is 5.69 Å². The monoisotopic (exact) mass is 237 g/mol. The van der Waals surface area contributed by atoms with Crippen LogP contribution in [-0.4, -0.2) is 20.9 Å². The molecular weight excluding hydrogens is 226 g/mol. The average molecular weight is 237 g/mol. The smallest absolute Gasteiger partial charge is 0.169 e. The molecule has 0 aliphatic carbocycles. The molecule has 0 bridgehead atoms. The average Bonchev–Trinajstić information content (AvgIpc) is 2.83. The number of hydrogen-bond donors (Lipinski definition) is 0. The van der Waals surface area contributed by atoms with E-state index in [-0.39, 0.29) is 0 Å². The highest BCUT2D eigenvalue weighted by Crippen LogP contribution is 2.22. The third-order valence-corrected chi connectivity index (χ3v) is 2.97. The third-order valence-electron chi connectivity index (χ3n) is 2.97. The van der Waals surface area contributed by atoms with Gasteiger partial charge in [-0.1, -0.05) is 30.3 Å². The second kappa shape index (κ2) is 4.07. The van der Waals surface area contributed by atoms with E-state index < -0.39 is 0 Å². The van der Waals surface area contributed by atoms with Crippen molar-refractivity contribution in [1.82, 2.24) is 14.6 Å². The maximum Gasteiger partial charge on any atom is 0.169 e. The Morgan fingerprint density at radius 2 is 1.89 bits per heavy atom. The van der Waals surface area contributed by atoms with Crippen LogP contribution in [0.4, 0.5) is 0 Å². The minimum absolute atomic E-state index is 0.552. The first-order valence-electron chi connectivity index (χ1n) is 5.66. The molecule has 0 spiro atoms. The number of rotatable bonds is 2. The van der Waals surface area contributed by atoms with Gasteiger partial charge in [-0.15, -0.1) is 10.2 Å². The summed E-state index contributed by atoms with van der Waals surface area (Å²) >= 11 is 0. The lowest BCUT2D eigenvalue weighted by Crippen LogP contribution is -1.98. The molecule has 0 atom stereocenters. The first-order chi connectivity index (χ1) is 8.81. The summed E-state index contributed by atoms with van der Waals surface area (Å²) in [5.41, 5.74) is 3.32. The van der Waals surface area contributed by atoms with Crippen molar-refractivity contribution in [3.63, 3.8) is 0 Å². The van der Waals surface area contributed by atoms with Gasteiger partial charge >= 0.3 is 0 Å². The summed E-state index contributed by atoms with van der Waals surface area (Å²) in [4.78, 5) is 11.1. The number of hydrogen-bond acceptors (Lipinski definition) is 3. The molecule has 2 heterocycles. The van der Waals surface area contributed by atoms with Crippen molar-refractivity contribution >= 4 is 11.9 Å². The molecule has 0 saturated heterocycles. The van der Waals surface area contributed by atoms with E-state index in [4.69, 9.17) is 0 Å². The number of carbonyl (C=O) groups excluding carboxylic acids is 1. The lowest BCUT2D eigenvalue weighted by Gasteiger charge is -2.05. The Labute approximate surface area is 104 Å². The zero-order chi connectivity index (χ0) is 12.5. The highest BCUT2D eigenvalue weighted by atomic mass is 16.1. The molecule has 0 N–H and O–H groups in total. The zero-order valence-electron chi connectivity index (χ0n) is 9.87. The van der Waals surface area contributed by atoms with Crippen LogP contribution in [-0.2, 0) is 0 Å². The molecule has 3 aromatic rings. The predicted octanol–water partition coefficient (Wildman–Crippen LogP) is 2.52. The van der Waals surface area contributed by atoms with E-state index in [1.54, 1.807) is 16.5 Å². The van der Waals surface area contributed by atoms with Crippen molar-refractivity contribution in [2.24, 2.45) is 0 Å². The van der Waals surface area contributed by atoms with Gasteiger partial charge in [0.1, 0.15) is 0 Å². The Hall–Kier alpha value is -2.49. The van der Waals surface area contributed by atoms with Crippen LogP contribution in [0.2, 0.25) is 0 Å². The van der Waals surface area contributed by atoms with E-state index >= 15 is 0 Å². The van der Waals surface area contributed by atoms with Crippen molar-refractivity contribution in [2.45, 2.75) is 6.92 Å². The van der Waals surface area contributed by atoms with Gasteiger partial charge in [0, 0.05) is 5.56 Å². The Kier molecular flexibility index (Phi) is 2.41. The molecule has 0 fully saturated rings. The van der Waals surface area contributed by atoms with E-state index in [1.807, 2.05) is 37.3 Å². The molecule has 3 rings (SSSR count). The topological polar surface area (TPSA) is 47.3 Å². The molecule has 4 nitrogen and oxygen atoms in total. The Balaban J connectivity index is 2.37. The van der Waals surface area contributed by atoms with Gasteiger partial charge in [-0.3, -0.25) is 9.20 Å². The molecule has 0 amide bonds. The number of benzene rings is 1. The SMILES string of the molecule is Cc1ccccc1-c1nnc2cccc(C=O)n12. The lowest BCUT2D eigenvalue weighted by molar-refractivity contribution is 0.111. The molecule has 0 aliphatic rings. The standard InChI is InChI=1S/C14H11N3O/c1-10-5-2-3-7-12(10)14-16-15-13-8-4-6-11(9-18)17(13)14/h2-9H,1H3. The van der Waals surface area contributed by atoms with Crippen LogP contribution in [0.1, 0.15) is 16.1 Å². The van der Waals surface area contributed by atoms with Crippen molar-refractivity contribution < 1.29 is 4.79 Å². The minimum atomic E-state index is 0.552. The molecule has 1 aromatic carbocycles. The quantitative estimate of drug-likeness (QED) is 0.643. The normalized spacial score (nSPS) is 10.7. The number of pyridine rings is 1. The number of aryl methyl sites for hydroxylation is 1. The molecule has 4 heteroatoms. The molecule has 18 heavy (non-hydrogen) atoms. The second-order valence-corrected chi connectivity index (χ2v) is 4.10. The predicted molar refractivity (Wildman–Crippen MR) is 68.5 cm³/mol. The Morgan fingerprint density at radius 1 is 1.06 bits per heavy atom. The highest BCUT2D eigenvalue weighted by molar-refractivity contribution is 5.76. The summed E-state index contributed by atoms with van der Waals surface area (Å²) in [5, 5.41) is 8.29. The van der Waals surface area contributed by atoms with Crippen LogP contribution in [0.5, 0.6) is 0 Å². The summed E-state index contributed by atoms with van der Waals surface area (Å²) in [7, 11) is 0. The Bertz CT molecular complexity index is 731. The number of aromatic nitrogens is 3. The number of fused-ring (bicyclic) bond motifs is 1. The van der Waals surface area contributed by atoms with E-state index in [0.29, 0.717) is 17.2 Å². The van der Waals surface area contributed by atoms with Gasteiger partial charge in [-0.2, -0.15) is 0 Å². The van der Waals surface area contributed by atoms with Gasteiger partial charge < -0.3 is 0 Å². The largest absolute Gasteiger partial charge is 0.296 e. The molecule has 0 radical (unpaired) electrons. The van der Waals surface area contributed by atoms with Crippen molar-refractivity contribution in [3.05, 3.63) is 53.7 Å². The van der Waals surface area contributed by atoms with Crippen LogP contribution in [0.3, 0.4) is 0 Å². The lowest BCUT2D eigenvalue weighted by atomic mass is 10.1. The second-order valence-electron chi connectivity index (χ2n) is 4.10. The molecule has 0 saturated carbocycles. The van der Waals surface area contributed by atoms with Gasteiger partial charge in [-0.25, -0.2) is 0 Å². The fourth-order valence-corrected chi connectivity index (χ4v) is 2.06. The van der Waals surface area contributed by atoms with Crippen LogP contribution in [0.25, 0.3) is 17.0 Å². The number of nitrogens with zero attached hydrogens (tertiary/aromatic N) is 3. The fourth-order valence-electron chi connectivity index (χ4n) is 2.06. The zero-order valence-corrected chi connectivity index (χ0v) is 9.87. The minimum Gasteiger partial charge on any atom is -0.296 e. The molecule has 0 aliphatic heterocycles. The van der Waals surface area contributed by atoms with E-state index in [2.05, 4.69) is 10.2 Å². The third kappa shape index (κ3) is 1.50. The van der Waals surface area contributed by atoms with Crippen LogP contribution < -0.4 is 0 Å². The van der Waals surface area contributed by atoms with Crippen LogP contribution >= 0.6 is 0 Å². The van der Waals surface area contributed by atoms with E-state index in [0.717, 1.165) is 17.4 Å². The van der Waals surface area contributed by atoms with E-state index in [9.17, 15) is 4.79 Å². The molecule has 88 valence electrons. The summed E-state index contributed by atoms with van der Waals surface area (Å²) in [6.07, 6.45) is 0.818. The van der Waals surface area contributed by atoms with Crippen LogP contribution in [0.15, 0.2) is 42.5 Å².